The van der Waals surface area contributed by atoms with Crippen molar-refractivity contribution in [3.8, 4) is 0 Å². The van der Waals surface area contributed by atoms with Crippen LogP contribution in [0.3, 0.4) is 0 Å². The number of carbonyl (C=O) groups is 2. The van der Waals surface area contributed by atoms with Crippen LogP contribution in [0.2, 0.25) is 0 Å². The molecule has 0 atom stereocenters. The molecule has 1 amide bonds. The van der Waals surface area contributed by atoms with E-state index in [9.17, 15) is 9.59 Å². The molecule has 6 nitrogen and oxygen atoms in total. The zero-order valence-electron chi connectivity index (χ0n) is 17.9. The molecule has 2 aromatic rings. The minimum atomic E-state index is -0.699. The number of anilines is 1. The van der Waals surface area contributed by atoms with Crippen LogP contribution in [-0.2, 0) is 11.2 Å². The van der Waals surface area contributed by atoms with E-state index in [2.05, 4.69) is 15.5 Å². The molecule has 4 rings (SSSR count). The van der Waals surface area contributed by atoms with Crippen LogP contribution in [0.4, 0.5) is 5.13 Å². The van der Waals surface area contributed by atoms with E-state index in [1.165, 1.54) is 49.0 Å². The van der Waals surface area contributed by atoms with Gasteiger partial charge in [0.2, 0.25) is 5.13 Å². The monoisotopic (exact) mass is 441 g/mol. The molecule has 0 saturated heterocycles. The van der Waals surface area contributed by atoms with E-state index >= 15 is 0 Å². The molecule has 1 aromatic heterocycles. The second kappa shape index (κ2) is 10.4. The maximum Gasteiger partial charge on any atom is 0.303 e. The summed E-state index contributed by atoms with van der Waals surface area (Å²) in [5, 5.41) is 21.8. The molecule has 1 heterocycles. The third kappa shape index (κ3) is 6.12. The van der Waals surface area contributed by atoms with E-state index in [1.54, 1.807) is 0 Å². The molecule has 0 radical (unpaired) electrons. The lowest BCUT2D eigenvalue weighted by Crippen LogP contribution is -2.16. The van der Waals surface area contributed by atoms with Crippen molar-refractivity contribution in [2.75, 3.05) is 5.32 Å². The first-order valence-electron chi connectivity index (χ1n) is 11.5. The van der Waals surface area contributed by atoms with Crippen molar-refractivity contribution in [3.63, 3.8) is 0 Å². The predicted octanol–water partition coefficient (Wildman–Crippen LogP) is 5.66. The molecule has 2 fully saturated rings. The van der Waals surface area contributed by atoms with Gasteiger partial charge in [-0.2, -0.15) is 0 Å². The second-order valence-corrected chi connectivity index (χ2v) is 10.1. The lowest BCUT2D eigenvalue weighted by Gasteiger charge is -2.28. The molecule has 2 aliphatic rings. The Bertz CT molecular complexity index is 882. The summed E-state index contributed by atoms with van der Waals surface area (Å²) in [6.45, 7) is 0. The Hall–Kier alpha value is -2.28. The Morgan fingerprint density at radius 3 is 2.35 bits per heavy atom. The van der Waals surface area contributed by atoms with E-state index in [1.807, 2.05) is 24.3 Å². The number of aliphatic carboxylic acids is 1. The van der Waals surface area contributed by atoms with Crippen molar-refractivity contribution >= 4 is 28.3 Å². The summed E-state index contributed by atoms with van der Waals surface area (Å²) >= 11 is 1.47. The van der Waals surface area contributed by atoms with Gasteiger partial charge in [-0.25, -0.2) is 0 Å². The van der Waals surface area contributed by atoms with Crippen molar-refractivity contribution in [1.29, 1.82) is 0 Å². The molecule has 1 aromatic carbocycles. The molecule has 0 bridgehead atoms. The highest BCUT2D eigenvalue weighted by atomic mass is 32.1. The molecule has 7 heteroatoms. The van der Waals surface area contributed by atoms with Gasteiger partial charge in [0, 0.05) is 18.4 Å². The molecule has 166 valence electrons. The number of amides is 1. The Morgan fingerprint density at radius 2 is 1.68 bits per heavy atom. The van der Waals surface area contributed by atoms with E-state index in [0.717, 1.165) is 43.0 Å². The number of rotatable bonds is 8. The zero-order chi connectivity index (χ0) is 21.6. The van der Waals surface area contributed by atoms with Crippen molar-refractivity contribution < 1.29 is 14.7 Å². The van der Waals surface area contributed by atoms with Crippen LogP contribution in [0.15, 0.2) is 24.3 Å². The Morgan fingerprint density at radius 1 is 0.968 bits per heavy atom. The molecule has 0 aliphatic heterocycles. The third-order valence-corrected chi connectivity index (χ3v) is 7.78. The fourth-order valence-electron chi connectivity index (χ4n) is 5.05. The summed E-state index contributed by atoms with van der Waals surface area (Å²) in [6, 6.07) is 7.81. The van der Waals surface area contributed by atoms with Crippen LogP contribution in [0.25, 0.3) is 0 Å². The van der Waals surface area contributed by atoms with E-state index in [4.69, 9.17) is 5.11 Å². The van der Waals surface area contributed by atoms with Gasteiger partial charge in [-0.1, -0.05) is 49.2 Å². The summed E-state index contributed by atoms with van der Waals surface area (Å²) in [7, 11) is 0. The number of carboxylic acids is 1. The van der Waals surface area contributed by atoms with Gasteiger partial charge >= 0.3 is 5.97 Å². The highest BCUT2D eigenvalue weighted by molar-refractivity contribution is 7.15. The molecular formula is C24H31N3O3S. The molecule has 2 N–H and O–H groups in total. The lowest BCUT2D eigenvalue weighted by atomic mass is 9.77. The lowest BCUT2D eigenvalue weighted by molar-refractivity contribution is -0.138. The highest BCUT2D eigenvalue weighted by Crippen LogP contribution is 2.37. The average Bonchev–Trinajstić information content (AvgIpc) is 3.44. The summed E-state index contributed by atoms with van der Waals surface area (Å²) in [6.07, 6.45) is 11.7. The SMILES string of the molecule is O=C(O)CC1CCC(c2ccc(C(=O)Nc3nnc(CCC4CCCC4)s3)cc2)CC1. The summed E-state index contributed by atoms with van der Waals surface area (Å²) in [4.78, 5) is 23.5. The highest BCUT2D eigenvalue weighted by Gasteiger charge is 2.24. The second-order valence-electron chi connectivity index (χ2n) is 9.08. The van der Waals surface area contributed by atoms with Crippen molar-refractivity contribution in [2.24, 2.45) is 11.8 Å². The number of nitrogens with zero attached hydrogens (tertiary/aromatic N) is 2. The maximum atomic E-state index is 12.6. The molecule has 2 saturated carbocycles. The quantitative estimate of drug-likeness (QED) is 0.551. The van der Waals surface area contributed by atoms with Gasteiger partial charge in [0.25, 0.3) is 5.91 Å². The Kier molecular flexibility index (Phi) is 7.33. The minimum Gasteiger partial charge on any atom is -0.481 e. The largest absolute Gasteiger partial charge is 0.481 e. The van der Waals surface area contributed by atoms with Crippen LogP contribution in [0.5, 0.6) is 0 Å². The normalized spacial score (nSPS) is 21.8. The van der Waals surface area contributed by atoms with Gasteiger partial charge in [-0.05, 0) is 67.6 Å². The first kappa shape index (κ1) is 21.9. The number of aromatic nitrogens is 2. The number of benzene rings is 1. The number of hydrogen-bond donors (Lipinski definition) is 2. The molecular weight excluding hydrogens is 410 g/mol. The Labute approximate surface area is 187 Å². The zero-order valence-corrected chi connectivity index (χ0v) is 18.7. The van der Waals surface area contributed by atoms with E-state index < -0.39 is 5.97 Å². The number of carboxylic acid groups (broad SMARTS) is 1. The fourth-order valence-corrected chi connectivity index (χ4v) is 5.80. The Balaban J connectivity index is 1.26. The summed E-state index contributed by atoms with van der Waals surface area (Å²) < 4.78 is 0. The molecule has 0 spiro atoms. The van der Waals surface area contributed by atoms with Gasteiger partial charge in [0.1, 0.15) is 5.01 Å². The van der Waals surface area contributed by atoms with Crippen molar-refractivity contribution in [1.82, 2.24) is 10.2 Å². The number of aryl methyl sites for hydroxylation is 1. The van der Waals surface area contributed by atoms with E-state index in [0.29, 0.717) is 22.5 Å². The van der Waals surface area contributed by atoms with Gasteiger partial charge in [0.15, 0.2) is 0 Å². The van der Waals surface area contributed by atoms with Crippen LogP contribution in [-0.4, -0.2) is 27.2 Å². The maximum absolute atomic E-state index is 12.6. The minimum absolute atomic E-state index is 0.157. The first-order chi connectivity index (χ1) is 15.1. The number of carbonyl (C=O) groups excluding carboxylic acids is 1. The number of hydrogen-bond acceptors (Lipinski definition) is 5. The standard InChI is InChI=1S/C24H31N3O3S/c28-22(29)15-17-5-8-18(9-6-17)19-10-12-20(13-11-19)23(30)25-24-27-26-21(31-24)14-7-16-3-1-2-4-16/h10-13,16-18H,1-9,14-15H2,(H,28,29)(H,25,27,30). The molecule has 0 unspecified atom stereocenters. The average molecular weight is 442 g/mol. The van der Waals surface area contributed by atoms with Crippen LogP contribution >= 0.6 is 11.3 Å². The van der Waals surface area contributed by atoms with Crippen molar-refractivity contribution in [2.45, 2.75) is 76.5 Å². The summed E-state index contributed by atoms with van der Waals surface area (Å²) in [5.41, 5.74) is 1.85. The molecule has 31 heavy (non-hydrogen) atoms. The van der Waals surface area contributed by atoms with Crippen LogP contribution in [0, 0.1) is 11.8 Å². The molecule has 2 aliphatic carbocycles. The fraction of sp³-hybridized carbons (Fsp3) is 0.583. The van der Waals surface area contributed by atoms with Crippen molar-refractivity contribution in [3.05, 3.63) is 40.4 Å². The van der Waals surface area contributed by atoms with Crippen LogP contribution < -0.4 is 5.32 Å². The van der Waals surface area contributed by atoms with Crippen LogP contribution in [0.1, 0.15) is 91.1 Å². The summed E-state index contributed by atoms with van der Waals surface area (Å²) in [5.74, 6) is 0.722. The predicted molar refractivity (Wildman–Crippen MR) is 122 cm³/mol. The number of nitrogens with one attached hydrogen (secondary N) is 1. The first-order valence-corrected chi connectivity index (χ1v) is 12.3. The smallest absolute Gasteiger partial charge is 0.303 e. The van der Waals surface area contributed by atoms with Gasteiger partial charge < -0.3 is 5.11 Å². The topological polar surface area (TPSA) is 92.2 Å². The third-order valence-electron chi connectivity index (χ3n) is 6.88. The van der Waals surface area contributed by atoms with E-state index in [-0.39, 0.29) is 12.3 Å². The van der Waals surface area contributed by atoms with Gasteiger partial charge in [-0.3, -0.25) is 14.9 Å². The van der Waals surface area contributed by atoms with Gasteiger partial charge in [0.05, 0.1) is 0 Å². The van der Waals surface area contributed by atoms with Gasteiger partial charge in [-0.15, -0.1) is 10.2 Å².